The molecule has 38 heavy (non-hydrogen) atoms. The molecule has 1 atom stereocenters. The van der Waals surface area contributed by atoms with E-state index in [-0.39, 0.29) is 47.0 Å². The van der Waals surface area contributed by atoms with Crippen molar-refractivity contribution in [2.45, 2.75) is 58.4 Å². The first-order valence-electron chi connectivity index (χ1n) is 11.8. The number of aliphatic carboxylic acids is 1. The first-order valence-corrected chi connectivity index (χ1v) is 11.8. The zero-order valence-electron chi connectivity index (χ0n) is 22.1. The molecule has 7 N–H and O–H groups in total. The Morgan fingerprint density at radius 2 is 1.68 bits per heavy atom. The largest absolute Gasteiger partial charge is 1.00 e. The summed E-state index contributed by atoms with van der Waals surface area (Å²) in [7, 11) is 0. The summed E-state index contributed by atoms with van der Waals surface area (Å²) in [6.07, 6.45) is 6.83. The Hall–Kier alpha value is -3.16. The van der Waals surface area contributed by atoms with Crippen LogP contribution in [0.4, 0.5) is 20.6 Å². The third kappa shape index (κ3) is 8.99. The van der Waals surface area contributed by atoms with Gasteiger partial charge in [-0.25, -0.2) is 14.0 Å². The molecule has 0 radical (unpaired) electrons. The number of urea groups is 1. The number of halogens is 1. The minimum Gasteiger partial charge on any atom is -0.870 e. The summed E-state index contributed by atoms with van der Waals surface area (Å²) >= 11 is 0. The van der Waals surface area contributed by atoms with Crippen LogP contribution in [-0.2, 0) is 11.2 Å². The standard InChI is InChI=1S/C27H32FN3O4.Li.2H2O/c1-4-8-18-13-16(2)23(17(3)14-18)31-27(35)29-22-15-20(28)11-12-21(22)25(32)30-24(26(33)34)19-9-6-5-7-10-19;;;/h4,11-15,19,24H,1,5-10H2,2-3H3,(H,30,32)(H,33,34)(H2,29,31,35);;2*1H2/q;+1;;/p-1/t24-;;;/m0.../s1. The van der Waals surface area contributed by atoms with Gasteiger partial charge in [0.15, 0.2) is 0 Å². The predicted octanol–water partition coefficient (Wildman–Crippen LogP) is 1.58. The molecule has 0 aromatic heterocycles. The van der Waals surface area contributed by atoms with Crippen LogP contribution in [0.15, 0.2) is 43.0 Å². The minimum atomic E-state index is -1.11. The summed E-state index contributed by atoms with van der Waals surface area (Å²) in [5.41, 5.74) is 3.32. The van der Waals surface area contributed by atoms with Crippen molar-refractivity contribution in [3.05, 3.63) is 71.1 Å². The normalized spacial score (nSPS) is 13.4. The van der Waals surface area contributed by atoms with Gasteiger partial charge in [0.25, 0.3) is 5.91 Å². The first kappa shape index (κ1) is 34.8. The number of benzene rings is 2. The van der Waals surface area contributed by atoms with Crippen LogP contribution in [0.5, 0.6) is 0 Å². The van der Waals surface area contributed by atoms with E-state index in [1.807, 2.05) is 26.0 Å². The van der Waals surface area contributed by atoms with Crippen LogP contribution in [0.25, 0.3) is 0 Å². The molecule has 0 heterocycles. The van der Waals surface area contributed by atoms with Crippen LogP contribution in [0.3, 0.4) is 0 Å². The second-order valence-corrected chi connectivity index (χ2v) is 9.05. The molecule has 1 aliphatic carbocycles. The molecule has 0 bridgehead atoms. The molecule has 202 valence electrons. The summed E-state index contributed by atoms with van der Waals surface area (Å²) in [5.74, 6) is -2.59. The summed E-state index contributed by atoms with van der Waals surface area (Å²) < 4.78 is 14.0. The summed E-state index contributed by atoms with van der Waals surface area (Å²) in [6, 6.07) is 5.58. The fourth-order valence-corrected chi connectivity index (χ4v) is 4.69. The van der Waals surface area contributed by atoms with Gasteiger partial charge in [-0.15, -0.1) is 6.58 Å². The summed E-state index contributed by atoms with van der Waals surface area (Å²) in [6.45, 7) is 7.48. The first-order chi connectivity index (χ1) is 16.7. The number of carboxylic acid groups (broad SMARTS) is 1. The summed E-state index contributed by atoms with van der Waals surface area (Å²) in [4.78, 5) is 37.6. The molecule has 2 aromatic carbocycles. The van der Waals surface area contributed by atoms with Gasteiger partial charge in [-0.3, -0.25) is 4.79 Å². The van der Waals surface area contributed by atoms with E-state index in [1.54, 1.807) is 6.08 Å². The van der Waals surface area contributed by atoms with E-state index in [0.29, 0.717) is 12.1 Å². The molecule has 0 unspecified atom stereocenters. The number of carbonyl (C=O) groups excluding carboxylic acids is 2. The Balaban J connectivity index is 0.00000456. The molecule has 0 aliphatic heterocycles. The van der Waals surface area contributed by atoms with Crippen LogP contribution < -0.4 is 34.8 Å². The molecule has 3 rings (SSSR count). The zero-order chi connectivity index (χ0) is 25.5. The van der Waals surface area contributed by atoms with E-state index in [0.717, 1.165) is 60.9 Å². The van der Waals surface area contributed by atoms with Crippen molar-refractivity contribution in [2.24, 2.45) is 5.92 Å². The number of amides is 3. The third-order valence-corrected chi connectivity index (χ3v) is 6.36. The molecule has 9 nitrogen and oxygen atoms in total. The van der Waals surface area contributed by atoms with Crippen LogP contribution in [0.2, 0.25) is 0 Å². The fourth-order valence-electron chi connectivity index (χ4n) is 4.69. The monoisotopic (exact) mass is 523 g/mol. The molecule has 3 amide bonds. The number of nitrogens with one attached hydrogen (secondary N) is 3. The van der Waals surface area contributed by atoms with E-state index in [1.165, 1.54) is 6.07 Å². The van der Waals surface area contributed by atoms with Crippen LogP contribution in [0, 0.1) is 25.6 Å². The quantitative estimate of drug-likeness (QED) is 0.304. The van der Waals surface area contributed by atoms with Gasteiger partial charge < -0.3 is 32.0 Å². The van der Waals surface area contributed by atoms with Crippen molar-refractivity contribution in [1.82, 2.24) is 5.32 Å². The van der Waals surface area contributed by atoms with Gasteiger partial charge in [-0.05, 0) is 73.9 Å². The number of hydrogen-bond donors (Lipinski definition) is 4. The Bertz CT molecular complexity index is 1110. The van der Waals surface area contributed by atoms with Gasteiger partial charge in [0.05, 0.1) is 11.3 Å². The van der Waals surface area contributed by atoms with Crippen molar-refractivity contribution in [3.8, 4) is 0 Å². The smallest absolute Gasteiger partial charge is 0.870 e. The van der Waals surface area contributed by atoms with Crippen molar-refractivity contribution in [2.75, 3.05) is 10.6 Å². The van der Waals surface area contributed by atoms with E-state index in [4.69, 9.17) is 0 Å². The molecule has 1 aliphatic rings. The number of carboxylic acids is 1. The van der Waals surface area contributed by atoms with Gasteiger partial charge in [0, 0.05) is 5.69 Å². The molecule has 0 saturated heterocycles. The van der Waals surface area contributed by atoms with E-state index < -0.39 is 29.8 Å². The second-order valence-electron chi connectivity index (χ2n) is 9.05. The van der Waals surface area contributed by atoms with Crippen LogP contribution in [0.1, 0.15) is 59.2 Å². The molecule has 1 saturated carbocycles. The number of aryl methyl sites for hydroxylation is 2. The van der Waals surface area contributed by atoms with Crippen molar-refractivity contribution < 1.29 is 53.7 Å². The zero-order valence-corrected chi connectivity index (χ0v) is 22.1. The van der Waals surface area contributed by atoms with Gasteiger partial charge in [0.1, 0.15) is 11.9 Å². The Kier molecular flexibility index (Phi) is 14.6. The Morgan fingerprint density at radius 3 is 2.24 bits per heavy atom. The van der Waals surface area contributed by atoms with Gasteiger partial charge in [-0.2, -0.15) is 0 Å². The van der Waals surface area contributed by atoms with Crippen molar-refractivity contribution >= 4 is 29.3 Å². The number of anilines is 2. The number of rotatable bonds is 8. The molecule has 0 spiro atoms. The van der Waals surface area contributed by atoms with E-state index >= 15 is 0 Å². The van der Waals surface area contributed by atoms with E-state index in [9.17, 15) is 23.9 Å². The molecular formula is C27H35FLiN3O6. The maximum atomic E-state index is 14.0. The predicted molar refractivity (Wildman–Crippen MR) is 140 cm³/mol. The summed E-state index contributed by atoms with van der Waals surface area (Å²) in [5, 5.41) is 17.6. The van der Waals surface area contributed by atoms with Crippen LogP contribution in [-0.4, -0.2) is 40.0 Å². The minimum absolute atomic E-state index is 0. The Morgan fingerprint density at radius 1 is 1.08 bits per heavy atom. The number of carbonyl (C=O) groups is 3. The average molecular weight is 524 g/mol. The topological polar surface area (TPSA) is 169 Å². The van der Waals surface area contributed by atoms with E-state index in [2.05, 4.69) is 22.5 Å². The maximum absolute atomic E-state index is 14.0. The third-order valence-electron chi connectivity index (χ3n) is 6.36. The fraction of sp³-hybridized carbons (Fsp3) is 0.370. The molecule has 2 aromatic rings. The van der Waals surface area contributed by atoms with Crippen LogP contribution >= 0.6 is 0 Å². The van der Waals surface area contributed by atoms with Crippen molar-refractivity contribution in [1.29, 1.82) is 0 Å². The van der Waals surface area contributed by atoms with Crippen molar-refractivity contribution in [3.63, 3.8) is 0 Å². The Labute approximate surface area is 234 Å². The average Bonchev–Trinajstić information content (AvgIpc) is 2.80. The molecular weight excluding hydrogens is 488 g/mol. The molecule has 1 fully saturated rings. The van der Waals surface area contributed by atoms with Gasteiger partial charge in [-0.1, -0.05) is 37.5 Å². The number of hydrogen-bond acceptors (Lipinski definition) is 4. The van der Waals surface area contributed by atoms with Gasteiger partial charge >= 0.3 is 30.9 Å². The van der Waals surface area contributed by atoms with Gasteiger partial charge in [0.2, 0.25) is 0 Å². The second kappa shape index (κ2) is 15.9. The molecule has 11 heteroatoms. The SMILES string of the molecule is C=CCc1cc(C)c(NC(=O)Nc2cc(F)ccc2C(=O)N[C@H](C(=O)O)C2CCCCC2)c(C)c1.O.[Li+].[OH-]. The maximum Gasteiger partial charge on any atom is 1.00 e. The number of allylic oxidation sites excluding steroid dienone is 1.